The number of nitro benzene ring substituents is 1. The second-order valence-electron chi connectivity index (χ2n) is 8.45. The van der Waals surface area contributed by atoms with E-state index in [4.69, 9.17) is 5.21 Å². The van der Waals surface area contributed by atoms with Crippen LogP contribution in [0.25, 0.3) is 10.9 Å². The van der Waals surface area contributed by atoms with Gasteiger partial charge in [0.25, 0.3) is 17.5 Å². The maximum absolute atomic E-state index is 13.2. The normalized spacial score (nSPS) is 12.9. The van der Waals surface area contributed by atoms with Gasteiger partial charge in [0.05, 0.1) is 11.5 Å². The summed E-state index contributed by atoms with van der Waals surface area (Å²) < 4.78 is 2.18. The molecule has 2 heterocycles. The van der Waals surface area contributed by atoms with Gasteiger partial charge in [-0.05, 0) is 41.8 Å². The van der Waals surface area contributed by atoms with Crippen LogP contribution in [-0.2, 0) is 19.5 Å². The molecule has 0 saturated heterocycles. The Morgan fingerprint density at radius 2 is 1.77 bits per heavy atom. The van der Waals surface area contributed by atoms with Gasteiger partial charge in [-0.25, -0.2) is 5.48 Å². The fourth-order valence-electron chi connectivity index (χ4n) is 4.69. The number of nitrogens with one attached hydrogen (secondary N) is 1. The van der Waals surface area contributed by atoms with Crippen LogP contribution in [0.5, 0.6) is 0 Å². The molecular weight excluding hydrogens is 448 g/mol. The summed E-state index contributed by atoms with van der Waals surface area (Å²) in [5.74, 6) is -0.814. The number of nitrogens with zero attached hydrogens (tertiary/aromatic N) is 3. The van der Waals surface area contributed by atoms with E-state index in [2.05, 4.69) is 10.6 Å². The lowest BCUT2D eigenvalue weighted by atomic mass is 10.0. The molecule has 35 heavy (non-hydrogen) atoms. The van der Waals surface area contributed by atoms with Crippen molar-refractivity contribution in [2.24, 2.45) is 0 Å². The first-order valence-electron chi connectivity index (χ1n) is 11.1. The van der Waals surface area contributed by atoms with Crippen LogP contribution in [0.3, 0.4) is 0 Å². The molecular formula is C26H22N4O5. The third-order valence-electron chi connectivity index (χ3n) is 6.42. The second kappa shape index (κ2) is 9.03. The van der Waals surface area contributed by atoms with Crippen molar-refractivity contribution in [3.63, 3.8) is 0 Å². The van der Waals surface area contributed by atoms with Crippen molar-refractivity contribution in [2.75, 3.05) is 6.54 Å². The monoisotopic (exact) mass is 470 g/mol. The van der Waals surface area contributed by atoms with Crippen molar-refractivity contribution in [3.05, 3.63) is 111 Å². The highest BCUT2D eigenvalue weighted by molar-refractivity contribution is 5.95. The Morgan fingerprint density at radius 3 is 2.51 bits per heavy atom. The molecule has 0 aliphatic carbocycles. The van der Waals surface area contributed by atoms with Crippen molar-refractivity contribution in [1.82, 2.24) is 14.9 Å². The molecule has 9 nitrogen and oxygen atoms in total. The van der Waals surface area contributed by atoms with Gasteiger partial charge in [0.2, 0.25) is 0 Å². The topological polar surface area (TPSA) is 118 Å². The zero-order valence-electron chi connectivity index (χ0n) is 18.7. The molecule has 0 saturated carbocycles. The fraction of sp³-hybridized carbons (Fsp3) is 0.154. The quantitative estimate of drug-likeness (QED) is 0.260. The van der Waals surface area contributed by atoms with E-state index in [-0.39, 0.29) is 11.6 Å². The zero-order chi connectivity index (χ0) is 24.5. The lowest BCUT2D eigenvalue weighted by Gasteiger charge is -2.29. The molecule has 0 atom stereocenters. The molecule has 5 rings (SSSR count). The van der Waals surface area contributed by atoms with Crippen LogP contribution in [-0.4, -0.2) is 38.0 Å². The van der Waals surface area contributed by atoms with Crippen LogP contribution >= 0.6 is 0 Å². The fourth-order valence-corrected chi connectivity index (χ4v) is 4.69. The van der Waals surface area contributed by atoms with E-state index in [0.717, 1.165) is 22.2 Å². The standard InChI is InChI=1S/C26H22N4O5/c31-25(27-33)18-10-8-17(9-11-18)15-29-23-7-2-1-6-21(23)22-12-13-28(16-24(22)29)26(32)19-4-3-5-20(14-19)30(34)35/h1-11,14,33H,12-13,15-16H2,(H,27,31). The van der Waals surface area contributed by atoms with Crippen LogP contribution in [0.15, 0.2) is 72.8 Å². The Morgan fingerprint density at radius 1 is 1.00 bits per heavy atom. The number of hydroxylamine groups is 1. The van der Waals surface area contributed by atoms with E-state index in [1.54, 1.807) is 28.6 Å². The minimum absolute atomic E-state index is 0.110. The first kappa shape index (κ1) is 22.3. The number of para-hydroxylation sites is 1. The maximum atomic E-state index is 13.2. The number of nitro groups is 1. The SMILES string of the molecule is O=C(NO)c1ccc(Cn2c3c(c4ccccc42)CCN(C(=O)c2cccc([N+](=O)[O-])c2)C3)cc1. The molecule has 176 valence electrons. The first-order valence-corrected chi connectivity index (χ1v) is 11.1. The highest BCUT2D eigenvalue weighted by Crippen LogP contribution is 2.32. The van der Waals surface area contributed by atoms with Crippen molar-refractivity contribution >= 4 is 28.4 Å². The van der Waals surface area contributed by atoms with Crippen molar-refractivity contribution < 1.29 is 19.7 Å². The van der Waals surface area contributed by atoms with Crippen LogP contribution < -0.4 is 5.48 Å². The summed E-state index contributed by atoms with van der Waals surface area (Å²) in [6.45, 7) is 1.44. The molecule has 0 spiro atoms. The molecule has 3 aromatic carbocycles. The molecule has 9 heteroatoms. The summed E-state index contributed by atoms with van der Waals surface area (Å²) in [7, 11) is 0. The Balaban J connectivity index is 1.48. The molecule has 1 aliphatic heterocycles. The van der Waals surface area contributed by atoms with E-state index >= 15 is 0 Å². The van der Waals surface area contributed by atoms with Crippen molar-refractivity contribution in [3.8, 4) is 0 Å². The smallest absolute Gasteiger partial charge is 0.274 e. The number of amides is 2. The number of non-ortho nitro benzene ring substituents is 1. The van der Waals surface area contributed by atoms with Gasteiger partial charge >= 0.3 is 0 Å². The molecule has 0 bridgehead atoms. The third kappa shape index (κ3) is 4.13. The minimum Gasteiger partial charge on any atom is -0.338 e. The van der Waals surface area contributed by atoms with Gasteiger partial charge in [0, 0.05) is 52.9 Å². The molecule has 2 amide bonds. The number of carbonyl (C=O) groups is 2. The number of fused-ring (bicyclic) bond motifs is 3. The lowest BCUT2D eigenvalue weighted by molar-refractivity contribution is -0.384. The molecule has 0 fully saturated rings. The van der Waals surface area contributed by atoms with Crippen molar-refractivity contribution in [2.45, 2.75) is 19.5 Å². The summed E-state index contributed by atoms with van der Waals surface area (Å²) in [4.78, 5) is 37.3. The Labute approximate surface area is 200 Å². The average molecular weight is 470 g/mol. The number of hydrogen-bond donors (Lipinski definition) is 2. The van der Waals surface area contributed by atoms with E-state index in [1.807, 2.05) is 30.3 Å². The number of aromatic nitrogens is 1. The maximum Gasteiger partial charge on any atom is 0.274 e. The van der Waals surface area contributed by atoms with E-state index in [1.165, 1.54) is 23.8 Å². The highest BCUT2D eigenvalue weighted by atomic mass is 16.6. The van der Waals surface area contributed by atoms with E-state index in [0.29, 0.717) is 37.2 Å². The summed E-state index contributed by atoms with van der Waals surface area (Å²) in [6, 6.07) is 20.9. The van der Waals surface area contributed by atoms with E-state index < -0.39 is 10.8 Å². The van der Waals surface area contributed by atoms with Crippen LogP contribution in [0.2, 0.25) is 0 Å². The molecule has 0 radical (unpaired) electrons. The minimum atomic E-state index is -0.573. The van der Waals surface area contributed by atoms with Gasteiger partial charge in [-0.1, -0.05) is 36.4 Å². The number of carbonyl (C=O) groups excluding carboxylic acids is 2. The van der Waals surface area contributed by atoms with Gasteiger partial charge in [-0.15, -0.1) is 0 Å². The number of benzene rings is 3. The first-order chi connectivity index (χ1) is 17.0. The van der Waals surface area contributed by atoms with Gasteiger partial charge in [-0.2, -0.15) is 0 Å². The Kier molecular flexibility index (Phi) is 5.76. The summed E-state index contributed by atoms with van der Waals surface area (Å²) in [6.07, 6.45) is 0.680. The zero-order valence-corrected chi connectivity index (χ0v) is 18.7. The molecule has 1 aliphatic rings. The Hall–Kier alpha value is -4.50. The second-order valence-corrected chi connectivity index (χ2v) is 8.45. The van der Waals surface area contributed by atoms with Gasteiger partial charge in [0.1, 0.15) is 0 Å². The number of rotatable bonds is 5. The molecule has 2 N–H and O–H groups in total. The largest absolute Gasteiger partial charge is 0.338 e. The van der Waals surface area contributed by atoms with Crippen LogP contribution in [0.1, 0.15) is 37.5 Å². The molecule has 4 aromatic rings. The van der Waals surface area contributed by atoms with Gasteiger partial charge in [-0.3, -0.25) is 24.9 Å². The average Bonchev–Trinajstić information content (AvgIpc) is 3.21. The lowest BCUT2D eigenvalue weighted by Crippen LogP contribution is -2.36. The van der Waals surface area contributed by atoms with Gasteiger partial charge in [0.15, 0.2) is 0 Å². The third-order valence-corrected chi connectivity index (χ3v) is 6.42. The van der Waals surface area contributed by atoms with E-state index in [9.17, 15) is 19.7 Å². The van der Waals surface area contributed by atoms with Crippen LogP contribution in [0, 0.1) is 10.1 Å². The molecule has 1 aromatic heterocycles. The number of hydrogen-bond acceptors (Lipinski definition) is 5. The van der Waals surface area contributed by atoms with Crippen molar-refractivity contribution in [1.29, 1.82) is 0 Å². The summed E-state index contributed by atoms with van der Waals surface area (Å²) in [5, 5.41) is 21.1. The Bertz CT molecular complexity index is 1460. The summed E-state index contributed by atoms with van der Waals surface area (Å²) in [5.41, 5.74) is 6.40. The predicted molar refractivity (Wildman–Crippen MR) is 128 cm³/mol. The predicted octanol–water partition coefficient (Wildman–Crippen LogP) is 3.92. The summed E-state index contributed by atoms with van der Waals surface area (Å²) >= 11 is 0. The van der Waals surface area contributed by atoms with Gasteiger partial charge < -0.3 is 9.47 Å². The molecule has 0 unspecified atom stereocenters. The highest BCUT2D eigenvalue weighted by Gasteiger charge is 2.28. The van der Waals surface area contributed by atoms with Crippen LogP contribution in [0.4, 0.5) is 5.69 Å².